The van der Waals surface area contributed by atoms with Crippen LogP contribution in [0.2, 0.25) is 15.1 Å². The summed E-state index contributed by atoms with van der Waals surface area (Å²) in [5.74, 6) is 0. The molecule has 0 radical (unpaired) electrons. The van der Waals surface area contributed by atoms with Crippen LogP contribution in [0.5, 0.6) is 0 Å². The molecule has 26 heavy (non-hydrogen) atoms. The first kappa shape index (κ1) is 18.8. The molecule has 0 bridgehead atoms. The van der Waals surface area contributed by atoms with Gasteiger partial charge in [-0.2, -0.15) is 5.10 Å². The van der Waals surface area contributed by atoms with E-state index in [1.54, 1.807) is 6.21 Å². The van der Waals surface area contributed by atoms with Crippen molar-refractivity contribution in [2.75, 3.05) is 0 Å². The average molecular weight is 407 g/mol. The highest BCUT2D eigenvalue weighted by molar-refractivity contribution is 6.36. The molecular weight excluding hydrogens is 389 g/mol. The fraction of sp³-hybridized carbons (Fsp3) is 0.150. The summed E-state index contributed by atoms with van der Waals surface area (Å²) >= 11 is 18.5. The Bertz CT molecular complexity index is 941. The van der Waals surface area contributed by atoms with Gasteiger partial charge < -0.3 is 9.99 Å². The summed E-state index contributed by atoms with van der Waals surface area (Å²) in [6.07, 6.45) is 1.80. The van der Waals surface area contributed by atoms with E-state index in [4.69, 9.17) is 34.8 Å². The van der Waals surface area contributed by atoms with Crippen molar-refractivity contribution in [3.05, 3.63) is 86.1 Å². The van der Waals surface area contributed by atoms with Gasteiger partial charge in [0, 0.05) is 43.3 Å². The first-order chi connectivity index (χ1) is 12.5. The van der Waals surface area contributed by atoms with Gasteiger partial charge in [0.2, 0.25) is 0 Å². The van der Waals surface area contributed by atoms with E-state index in [2.05, 4.69) is 35.0 Å². The molecule has 0 saturated carbocycles. The standard InChI is InChI=1S/C20H18Cl3N3/c1-13-9-15(14(2)26(13)17-6-3-5-16(21)10-17)11-24-25-12-18-19(22)7-4-8-20(18)23/h3-11,25H,12H2,1-2H3/b24-11-. The maximum absolute atomic E-state index is 6.16. The van der Waals surface area contributed by atoms with Gasteiger partial charge in [0.15, 0.2) is 0 Å². The average Bonchev–Trinajstić information content (AvgIpc) is 2.87. The lowest BCUT2D eigenvalue weighted by Crippen LogP contribution is -2.07. The Morgan fingerprint density at radius 2 is 1.69 bits per heavy atom. The van der Waals surface area contributed by atoms with Gasteiger partial charge >= 0.3 is 0 Å². The molecule has 0 amide bonds. The first-order valence-corrected chi connectivity index (χ1v) is 9.24. The number of hydrazone groups is 1. The molecule has 0 aliphatic carbocycles. The van der Waals surface area contributed by atoms with Crippen LogP contribution in [0.15, 0.2) is 53.6 Å². The number of nitrogens with one attached hydrogen (secondary N) is 1. The van der Waals surface area contributed by atoms with Crippen LogP contribution < -0.4 is 5.43 Å². The largest absolute Gasteiger partial charge is 0.318 e. The highest BCUT2D eigenvalue weighted by Crippen LogP contribution is 2.24. The predicted molar refractivity (Wildman–Crippen MR) is 111 cm³/mol. The molecule has 134 valence electrons. The number of nitrogens with zero attached hydrogens (tertiary/aromatic N) is 2. The monoisotopic (exact) mass is 405 g/mol. The summed E-state index contributed by atoms with van der Waals surface area (Å²) in [6.45, 7) is 4.57. The van der Waals surface area contributed by atoms with E-state index in [9.17, 15) is 0 Å². The van der Waals surface area contributed by atoms with Crippen molar-refractivity contribution in [3.8, 4) is 5.69 Å². The van der Waals surface area contributed by atoms with Gasteiger partial charge in [0.25, 0.3) is 0 Å². The van der Waals surface area contributed by atoms with Crippen molar-refractivity contribution in [2.45, 2.75) is 20.4 Å². The van der Waals surface area contributed by atoms with E-state index < -0.39 is 0 Å². The van der Waals surface area contributed by atoms with Gasteiger partial charge in [0.1, 0.15) is 0 Å². The van der Waals surface area contributed by atoms with E-state index in [-0.39, 0.29) is 0 Å². The molecule has 0 saturated heterocycles. The molecule has 1 N–H and O–H groups in total. The van der Waals surface area contributed by atoms with E-state index in [1.807, 2.05) is 42.5 Å². The van der Waals surface area contributed by atoms with Crippen molar-refractivity contribution in [2.24, 2.45) is 5.10 Å². The SMILES string of the molecule is Cc1cc(/C=N\NCc2c(Cl)cccc2Cl)c(C)n1-c1cccc(Cl)c1. The third kappa shape index (κ3) is 4.07. The van der Waals surface area contributed by atoms with Crippen LogP contribution in [0.3, 0.4) is 0 Å². The van der Waals surface area contributed by atoms with Crippen LogP contribution in [-0.4, -0.2) is 10.8 Å². The van der Waals surface area contributed by atoms with E-state index in [0.29, 0.717) is 21.6 Å². The molecule has 6 heteroatoms. The van der Waals surface area contributed by atoms with Gasteiger partial charge in [-0.05, 0) is 50.2 Å². The fourth-order valence-corrected chi connectivity index (χ4v) is 3.59. The predicted octanol–water partition coefficient (Wildman–Crippen LogP) is 6.18. The van der Waals surface area contributed by atoms with Crippen LogP contribution in [0.1, 0.15) is 22.5 Å². The Labute approximate surface area is 168 Å². The summed E-state index contributed by atoms with van der Waals surface area (Å²) < 4.78 is 2.15. The number of aryl methyl sites for hydroxylation is 1. The normalized spacial score (nSPS) is 11.3. The smallest absolute Gasteiger partial charge is 0.0609 e. The Morgan fingerprint density at radius 3 is 2.38 bits per heavy atom. The van der Waals surface area contributed by atoms with Crippen LogP contribution in [0.4, 0.5) is 0 Å². The van der Waals surface area contributed by atoms with Crippen LogP contribution in [0.25, 0.3) is 5.69 Å². The summed E-state index contributed by atoms with van der Waals surface area (Å²) in [5, 5.41) is 6.27. The topological polar surface area (TPSA) is 29.3 Å². The van der Waals surface area contributed by atoms with Crippen molar-refractivity contribution in [1.29, 1.82) is 0 Å². The zero-order chi connectivity index (χ0) is 18.7. The van der Waals surface area contributed by atoms with Crippen molar-refractivity contribution in [1.82, 2.24) is 9.99 Å². The molecule has 3 nitrogen and oxygen atoms in total. The van der Waals surface area contributed by atoms with Gasteiger partial charge in [-0.25, -0.2) is 0 Å². The second-order valence-electron chi connectivity index (χ2n) is 5.94. The molecule has 0 atom stereocenters. The Hall–Kier alpha value is -1.94. The number of aromatic nitrogens is 1. The van der Waals surface area contributed by atoms with Crippen LogP contribution >= 0.6 is 34.8 Å². The molecule has 3 rings (SSSR count). The molecule has 0 fully saturated rings. The lowest BCUT2D eigenvalue weighted by Gasteiger charge is -2.09. The number of halogens is 3. The van der Waals surface area contributed by atoms with Gasteiger partial charge in [0.05, 0.1) is 12.8 Å². The van der Waals surface area contributed by atoms with Crippen molar-refractivity contribution in [3.63, 3.8) is 0 Å². The molecule has 0 spiro atoms. The molecule has 0 aliphatic rings. The van der Waals surface area contributed by atoms with Crippen LogP contribution in [0, 0.1) is 13.8 Å². The second-order valence-corrected chi connectivity index (χ2v) is 7.19. The molecule has 3 aromatic rings. The van der Waals surface area contributed by atoms with Gasteiger partial charge in [-0.3, -0.25) is 0 Å². The Morgan fingerprint density at radius 1 is 1.00 bits per heavy atom. The van der Waals surface area contributed by atoms with Crippen LogP contribution in [-0.2, 0) is 6.54 Å². The highest BCUT2D eigenvalue weighted by Gasteiger charge is 2.10. The molecular formula is C20H18Cl3N3. The fourth-order valence-electron chi connectivity index (χ4n) is 2.87. The first-order valence-electron chi connectivity index (χ1n) is 8.11. The molecule has 2 aromatic carbocycles. The minimum absolute atomic E-state index is 0.460. The summed E-state index contributed by atoms with van der Waals surface area (Å²) in [6, 6.07) is 15.3. The number of hydrogen-bond acceptors (Lipinski definition) is 2. The Balaban J connectivity index is 1.77. The molecule has 1 heterocycles. The molecule has 0 aliphatic heterocycles. The molecule has 1 aromatic heterocycles. The zero-order valence-electron chi connectivity index (χ0n) is 14.4. The lowest BCUT2D eigenvalue weighted by atomic mass is 10.2. The third-order valence-corrected chi connectivity index (χ3v) is 5.09. The maximum Gasteiger partial charge on any atom is 0.0609 e. The van der Waals surface area contributed by atoms with E-state index >= 15 is 0 Å². The Kier molecular flexibility index (Phi) is 5.92. The number of hydrogen-bond donors (Lipinski definition) is 1. The van der Waals surface area contributed by atoms with Crippen molar-refractivity contribution < 1.29 is 0 Å². The quantitative estimate of drug-likeness (QED) is 0.398. The third-order valence-electron chi connectivity index (χ3n) is 4.15. The molecule has 0 unspecified atom stereocenters. The van der Waals surface area contributed by atoms with Crippen molar-refractivity contribution >= 4 is 41.0 Å². The zero-order valence-corrected chi connectivity index (χ0v) is 16.7. The number of benzene rings is 2. The number of rotatable bonds is 5. The summed E-state index contributed by atoms with van der Waals surface area (Å²) in [4.78, 5) is 0. The van der Waals surface area contributed by atoms with Gasteiger partial charge in [-0.15, -0.1) is 0 Å². The van der Waals surface area contributed by atoms with E-state index in [1.165, 1.54) is 0 Å². The highest BCUT2D eigenvalue weighted by atomic mass is 35.5. The second kappa shape index (κ2) is 8.17. The van der Waals surface area contributed by atoms with E-state index in [0.717, 1.165) is 28.2 Å². The minimum Gasteiger partial charge on any atom is -0.318 e. The summed E-state index contributed by atoms with van der Waals surface area (Å²) in [7, 11) is 0. The minimum atomic E-state index is 0.460. The summed E-state index contributed by atoms with van der Waals surface area (Å²) in [5.41, 5.74) is 8.10. The van der Waals surface area contributed by atoms with Gasteiger partial charge in [-0.1, -0.05) is 46.9 Å². The maximum atomic E-state index is 6.16. The lowest BCUT2D eigenvalue weighted by molar-refractivity contribution is 0.748.